The maximum Gasteiger partial charge on any atom is 0.280 e. The van der Waals surface area contributed by atoms with Crippen molar-refractivity contribution >= 4 is 29.7 Å². The molecule has 0 aliphatic heterocycles. The number of amides is 1. The Hall–Kier alpha value is -3.00. The lowest BCUT2D eigenvalue weighted by Crippen LogP contribution is -2.24. The highest BCUT2D eigenvalue weighted by molar-refractivity contribution is 7.98. The van der Waals surface area contributed by atoms with Gasteiger partial charge in [-0.25, -0.2) is 13.2 Å². The Morgan fingerprint density at radius 1 is 1.21 bits per heavy atom. The van der Waals surface area contributed by atoms with Gasteiger partial charge in [-0.2, -0.15) is 4.99 Å². The molecule has 4 nitrogen and oxygen atoms in total. The number of carbonyl (C=O) groups is 1. The van der Waals surface area contributed by atoms with E-state index in [-0.39, 0.29) is 22.7 Å². The zero-order valence-electron chi connectivity index (χ0n) is 15.5. The minimum Gasteiger partial charge on any atom is -0.370 e. The maximum absolute atomic E-state index is 14.8. The largest absolute Gasteiger partial charge is 0.370 e. The zero-order chi connectivity index (χ0) is 21.1. The molecule has 3 rings (SSSR count). The van der Waals surface area contributed by atoms with E-state index in [0.717, 1.165) is 17.7 Å². The number of hydrogen-bond donors (Lipinski definition) is 2. The third-order valence-corrected chi connectivity index (χ3v) is 5.24. The number of benzene rings is 2. The number of thioether (sulfide) groups is 1. The van der Waals surface area contributed by atoms with E-state index in [9.17, 15) is 18.0 Å². The number of fused-ring (bicyclic) bond motifs is 1. The Labute approximate surface area is 170 Å². The summed E-state index contributed by atoms with van der Waals surface area (Å²) in [6.07, 6.45) is 7.14. The van der Waals surface area contributed by atoms with Crippen LogP contribution in [0.15, 0.2) is 51.9 Å². The molecule has 29 heavy (non-hydrogen) atoms. The number of nitrogens with two attached hydrogens (primary N) is 2. The first kappa shape index (κ1) is 20.7. The molecule has 0 bridgehead atoms. The number of carbonyl (C=O) groups excluding carboxylic acids is 1. The van der Waals surface area contributed by atoms with Gasteiger partial charge in [0.2, 0.25) is 0 Å². The summed E-state index contributed by atoms with van der Waals surface area (Å²) in [5.41, 5.74) is 12.4. The van der Waals surface area contributed by atoms with Crippen molar-refractivity contribution in [3.63, 3.8) is 0 Å². The fourth-order valence-electron chi connectivity index (χ4n) is 3.26. The Balaban J connectivity index is 2.35. The van der Waals surface area contributed by atoms with E-state index in [0.29, 0.717) is 22.4 Å². The van der Waals surface area contributed by atoms with Crippen LogP contribution in [0.5, 0.6) is 0 Å². The first-order valence-electron chi connectivity index (χ1n) is 8.62. The highest BCUT2D eigenvalue weighted by atomic mass is 32.2. The van der Waals surface area contributed by atoms with Gasteiger partial charge < -0.3 is 11.5 Å². The zero-order valence-corrected chi connectivity index (χ0v) is 16.3. The number of allylic oxidation sites excluding steroid dienone is 1. The fraction of sp³-hybridized carbons (Fsp3) is 0.143. The monoisotopic (exact) mass is 417 g/mol. The van der Waals surface area contributed by atoms with Crippen LogP contribution in [0.2, 0.25) is 0 Å². The molecule has 0 atom stereocenters. The molecule has 0 aromatic heterocycles. The van der Waals surface area contributed by atoms with Gasteiger partial charge in [0, 0.05) is 27.7 Å². The lowest BCUT2D eigenvalue weighted by atomic mass is 9.90. The van der Waals surface area contributed by atoms with Crippen molar-refractivity contribution in [1.82, 2.24) is 0 Å². The summed E-state index contributed by atoms with van der Waals surface area (Å²) in [5, 5.41) is 0. The van der Waals surface area contributed by atoms with Gasteiger partial charge in [0.15, 0.2) is 5.96 Å². The van der Waals surface area contributed by atoms with Crippen LogP contribution in [-0.2, 0) is 17.9 Å². The summed E-state index contributed by atoms with van der Waals surface area (Å²) in [4.78, 5) is 16.6. The summed E-state index contributed by atoms with van der Waals surface area (Å²) in [6.45, 7) is -1.04. The molecule has 1 aliphatic rings. The van der Waals surface area contributed by atoms with Gasteiger partial charge in [0.25, 0.3) is 5.91 Å². The number of rotatable bonds is 4. The summed E-state index contributed by atoms with van der Waals surface area (Å²) < 4.78 is 42.2. The molecule has 2 aromatic rings. The normalized spacial score (nSPS) is 12.8. The number of halogens is 3. The molecule has 4 N–H and O–H groups in total. The van der Waals surface area contributed by atoms with Gasteiger partial charge in [0.05, 0.1) is 0 Å². The second-order valence-electron chi connectivity index (χ2n) is 6.32. The highest BCUT2D eigenvalue weighted by Gasteiger charge is 2.22. The minimum atomic E-state index is -1.04. The van der Waals surface area contributed by atoms with Gasteiger partial charge in [-0.05, 0) is 47.6 Å². The standard InChI is InChI=1S/C21H18F3N3OS/c1-29-17-6-5-11-3-2-4-12(20(28)27-21(25)26)8-15(11)19(17)18-13(10-22)7-14(23)9-16(18)24/h2,4-9H,3,10H2,1H3,(H4,25,26,27,28). The van der Waals surface area contributed by atoms with Crippen molar-refractivity contribution in [3.05, 3.63) is 70.3 Å². The molecule has 2 aromatic carbocycles. The van der Waals surface area contributed by atoms with Gasteiger partial charge in [-0.15, -0.1) is 11.8 Å². The first-order chi connectivity index (χ1) is 13.8. The lowest BCUT2D eigenvalue weighted by molar-refractivity contribution is -0.114. The van der Waals surface area contributed by atoms with Crippen LogP contribution in [0.1, 0.15) is 16.7 Å². The molecule has 0 saturated carbocycles. The Bertz CT molecular complexity index is 1070. The molecular formula is C21H18F3N3OS. The molecule has 0 heterocycles. The minimum absolute atomic E-state index is 0.0260. The SMILES string of the molecule is CSc1ccc2c(c1-c1c(F)cc(F)cc1CF)C=C(C(=O)N=C(N)N)C=CC2. The number of hydrogen-bond acceptors (Lipinski definition) is 2. The van der Waals surface area contributed by atoms with Gasteiger partial charge in [-0.3, -0.25) is 4.79 Å². The summed E-state index contributed by atoms with van der Waals surface area (Å²) in [5.74, 6) is -2.76. The van der Waals surface area contributed by atoms with Crippen LogP contribution in [0.3, 0.4) is 0 Å². The Morgan fingerprint density at radius 3 is 2.62 bits per heavy atom. The molecule has 150 valence electrons. The average Bonchev–Trinajstić information content (AvgIpc) is 2.89. The van der Waals surface area contributed by atoms with E-state index in [1.54, 1.807) is 30.6 Å². The van der Waals surface area contributed by atoms with E-state index >= 15 is 0 Å². The van der Waals surface area contributed by atoms with Crippen LogP contribution >= 0.6 is 11.8 Å². The van der Waals surface area contributed by atoms with E-state index in [2.05, 4.69) is 4.99 Å². The number of alkyl halides is 1. The van der Waals surface area contributed by atoms with E-state index in [1.165, 1.54) is 11.8 Å². The molecule has 8 heteroatoms. The second-order valence-corrected chi connectivity index (χ2v) is 7.17. The molecule has 0 spiro atoms. The van der Waals surface area contributed by atoms with Crippen LogP contribution in [-0.4, -0.2) is 18.1 Å². The predicted molar refractivity (Wildman–Crippen MR) is 110 cm³/mol. The van der Waals surface area contributed by atoms with Crippen LogP contribution in [0, 0.1) is 11.6 Å². The Morgan fingerprint density at radius 2 is 1.97 bits per heavy atom. The summed E-state index contributed by atoms with van der Waals surface area (Å²) in [6, 6.07) is 5.36. The Kier molecular flexibility index (Phi) is 6.12. The molecule has 0 unspecified atom stereocenters. The molecule has 0 saturated heterocycles. The third kappa shape index (κ3) is 4.22. The third-order valence-electron chi connectivity index (χ3n) is 4.46. The van der Waals surface area contributed by atoms with Crippen molar-refractivity contribution in [2.75, 3.05) is 6.26 Å². The number of nitrogens with zero attached hydrogens (tertiary/aromatic N) is 1. The predicted octanol–water partition coefficient (Wildman–Crippen LogP) is 4.12. The van der Waals surface area contributed by atoms with Gasteiger partial charge in [0.1, 0.15) is 18.3 Å². The second kappa shape index (κ2) is 8.57. The van der Waals surface area contributed by atoms with Crippen molar-refractivity contribution in [2.24, 2.45) is 16.5 Å². The van der Waals surface area contributed by atoms with E-state index < -0.39 is 24.2 Å². The van der Waals surface area contributed by atoms with Gasteiger partial charge in [-0.1, -0.05) is 18.2 Å². The van der Waals surface area contributed by atoms with Crippen molar-refractivity contribution in [1.29, 1.82) is 0 Å². The molecule has 1 aliphatic carbocycles. The maximum atomic E-state index is 14.8. The summed E-state index contributed by atoms with van der Waals surface area (Å²) in [7, 11) is 0. The molecule has 1 amide bonds. The smallest absolute Gasteiger partial charge is 0.280 e. The van der Waals surface area contributed by atoms with Crippen molar-refractivity contribution < 1.29 is 18.0 Å². The number of guanidine groups is 1. The topological polar surface area (TPSA) is 81.5 Å². The van der Waals surface area contributed by atoms with Crippen molar-refractivity contribution in [2.45, 2.75) is 18.0 Å². The molecule has 0 radical (unpaired) electrons. The summed E-state index contributed by atoms with van der Waals surface area (Å²) >= 11 is 1.34. The molecular weight excluding hydrogens is 399 g/mol. The van der Waals surface area contributed by atoms with Crippen LogP contribution in [0.25, 0.3) is 17.2 Å². The van der Waals surface area contributed by atoms with E-state index in [1.807, 2.05) is 6.07 Å². The van der Waals surface area contributed by atoms with Gasteiger partial charge >= 0.3 is 0 Å². The quantitative estimate of drug-likeness (QED) is 0.446. The van der Waals surface area contributed by atoms with Crippen molar-refractivity contribution in [3.8, 4) is 11.1 Å². The van der Waals surface area contributed by atoms with Crippen LogP contribution < -0.4 is 11.5 Å². The number of aliphatic imine (C=N–C) groups is 1. The van der Waals surface area contributed by atoms with E-state index in [4.69, 9.17) is 11.5 Å². The average molecular weight is 417 g/mol. The highest BCUT2D eigenvalue weighted by Crippen LogP contribution is 2.41. The molecule has 0 fully saturated rings. The van der Waals surface area contributed by atoms with Crippen LogP contribution in [0.4, 0.5) is 13.2 Å². The first-order valence-corrected chi connectivity index (χ1v) is 9.84. The lowest BCUT2D eigenvalue weighted by Gasteiger charge is -2.18. The fourth-order valence-corrected chi connectivity index (χ4v) is 3.88.